The third-order valence-electron chi connectivity index (χ3n) is 5.08. The van der Waals surface area contributed by atoms with E-state index < -0.39 is 35.6 Å². The molecule has 2 unspecified atom stereocenters. The van der Waals surface area contributed by atoms with Gasteiger partial charge in [0.2, 0.25) is 0 Å². The van der Waals surface area contributed by atoms with Crippen LogP contribution in [0.5, 0.6) is 5.75 Å². The van der Waals surface area contributed by atoms with Gasteiger partial charge in [-0.05, 0) is 25.3 Å². The Morgan fingerprint density at radius 2 is 2.00 bits per heavy atom. The number of anilines is 1. The van der Waals surface area contributed by atoms with Crippen molar-refractivity contribution in [3.05, 3.63) is 23.0 Å². The predicted octanol–water partition coefficient (Wildman–Crippen LogP) is 3.83. The molecule has 5 nitrogen and oxygen atoms in total. The molecule has 1 aliphatic carbocycles. The number of fused-ring (bicyclic) bond motifs is 1. The zero-order valence-corrected chi connectivity index (χ0v) is 14.4. The van der Waals surface area contributed by atoms with Crippen LogP contribution in [-0.4, -0.2) is 42.0 Å². The van der Waals surface area contributed by atoms with Crippen LogP contribution in [0.2, 0.25) is 5.02 Å². The number of piperidine rings is 1. The summed E-state index contributed by atoms with van der Waals surface area (Å²) in [6.45, 7) is 0.176. The van der Waals surface area contributed by atoms with Crippen LogP contribution in [0.25, 0.3) is 0 Å². The number of alkyl halides is 2. The lowest BCUT2D eigenvalue weighted by Gasteiger charge is -2.26. The number of carbonyl (C=O) groups excluding carboxylic acids is 2. The number of carbonyl (C=O) groups is 2. The highest BCUT2D eigenvalue weighted by Gasteiger charge is 2.57. The summed E-state index contributed by atoms with van der Waals surface area (Å²) in [6, 6.07) is 0.892. The van der Waals surface area contributed by atoms with Crippen LogP contribution in [0, 0.1) is 11.7 Å². The van der Waals surface area contributed by atoms with E-state index in [9.17, 15) is 22.8 Å². The van der Waals surface area contributed by atoms with Crippen LogP contribution in [0.15, 0.2) is 12.1 Å². The first-order valence-electron chi connectivity index (χ1n) is 8.44. The van der Waals surface area contributed by atoms with Gasteiger partial charge in [0.05, 0.1) is 23.2 Å². The minimum absolute atomic E-state index is 0.0313. The van der Waals surface area contributed by atoms with Crippen molar-refractivity contribution in [1.82, 2.24) is 4.90 Å². The van der Waals surface area contributed by atoms with Gasteiger partial charge in [0.15, 0.2) is 0 Å². The third-order valence-corrected chi connectivity index (χ3v) is 5.38. The lowest BCUT2D eigenvalue weighted by atomic mass is 10.0. The summed E-state index contributed by atoms with van der Waals surface area (Å²) in [7, 11) is 0. The van der Waals surface area contributed by atoms with E-state index in [-0.39, 0.29) is 29.5 Å². The molecule has 0 spiro atoms. The number of rotatable bonds is 4. The zero-order valence-electron chi connectivity index (χ0n) is 13.7. The number of ether oxygens (including phenoxy) is 1. The minimum atomic E-state index is -2.75. The molecule has 1 saturated carbocycles. The molecule has 3 fully saturated rings. The number of hydrogen-bond acceptors (Lipinski definition) is 3. The van der Waals surface area contributed by atoms with Crippen molar-refractivity contribution in [2.24, 2.45) is 5.92 Å². The molecule has 2 aliphatic heterocycles. The summed E-state index contributed by atoms with van der Waals surface area (Å²) in [5.41, 5.74) is -0.267. The van der Waals surface area contributed by atoms with Crippen LogP contribution >= 0.6 is 11.6 Å². The average Bonchev–Trinajstić information content (AvgIpc) is 3.13. The fourth-order valence-electron chi connectivity index (χ4n) is 3.45. The highest BCUT2D eigenvalue weighted by atomic mass is 35.5. The maximum atomic E-state index is 14.4. The maximum absolute atomic E-state index is 14.4. The molecule has 0 N–H and O–H groups in total. The van der Waals surface area contributed by atoms with Crippen molar-refractivity contribution < 1.29 is 27.5 Å². The molecular formula is C17H16ClF3N2O3. The van der Waals surface area contributed by atoms with Gasteiger partial charge in [-0.15, -0.1) is 0 Å². The van der Waals surface area contributed by atoms with E-state index in [2.05, 4.69) is 0 Å². The topological polar surface area (TPSA) is 49.9 Å². The van der Waals surface area contributed by atoms with E-state index in [1.807, 2.05) is 0 Å². The third kappa shape index (κ3) is 2.80. The lowest BCUT2D eigenvalue weighted by molar-refractivity contribution is -0.120. The van der Waals surface area contributed by atoms with E-state index in [0.29, 0.717) is 13.0 Å². The van der Waals surface area contributed by atoms with Gasteiger partial charge in [-0.1, -0.05) is 11.6 Å². The van der Waals surface area contributed by atoms with E-state index in [1.165, 1.54) is 4.90 Å². The Hall–Kier alpha value is -1.96. The number of imide groups is 1. The van der Waals surface area contributed by atoms with Crippen LogP contribution in [0.4, 0.5) is 23.7 Å². The van der Waals surface area contributed by atoms with Crippen LogP contribution in [0.1, 0.15) is 25.7 Å². The van der Waals surface area contributed by atoms with Gasteiger partial charge in [0, 0.05) is 19.0 Å². The van der Waals surface area contributed by atoms with Gasteiger partial charge < -0.3 is 9.64 Å². The second kappa shape index (κ2) is 6.04. The Labute approximate surface area is 152 Å². The fourth-order valence-corrected chi connectivity index (χ4v) is 3.66. The molecule has 1 aromatic carbocycles. The Morgan fingerprint density at radius 1 is 1.27 bits per heavy atom. The second-order valence-corrected chi connectivity index (χ2v) is 7.28. The van der Waals surface area contributed by atoms with Gasteiger partial charge in [0.25, 0.3) is 11.8 Å². The van der Waals surface area contributed by atoms with Crippen molar-refractivity contribution in [3.63, 3.8) is 0 Å². The normalized spacial score (nSPS) is 26.9. The molecule has 140 valence electrons. The van der Waals surface area contributed by atoms with Gasteiger partial charge in [-0.3, -0.25) is 4.79 Å². The highest BCUT2D eigenvalue weighted by molar-refractivity contribution is 6.32. The Morgan fingerprint density at radius 3 is 2.65 bits per heavy atom. The molecule has 0 aromatic heterocycles. The molecule has 1 aromatic rings. The predicted molar refractivity (Wildman–Crippen MR) is 87.2 cm³/mol. The standard InChI is InChI=1S/C17H16ClF3N2O3/c18-10-5-11(19)13(6-14(10)26-8-9-7-17(9,20)21)23-15(24)12-3-1-2-4-22(12)16(23)25/h5-6,9,12H,1-4,7-8H2. The van der Waals surface area contributed by atoms with E-state index >= 15 is 0 Å². The van der Waals surface area contributed by atoms with Crippen molar-refractivity contribution in [2.45, 2.75) is 37.6 Å². The van der Waals surface area contributed by atoms with Gasteiger partial charge in [0.1, 0.15) is 17.6 Å². The van der Waals surface area contributed by atoms with Gasteiger partial charge in [-0.2, -0.15) is 0 Å². The molecule has 3 aliphatic rings. The molecule has 0 bridgehead atoms. The number of benzene rings is 1. The lowest BCUT2D eigenvalue weighted by Crippen LogP contribution is -2.39. The Bertz CT molecular complexity index is 765. The molecule has 3 amide bonds. The van der Waals surface area contributed by atoms with E-state index in [4.69, 9.17) is 16.3 Å². The molecule has 4 rings (SSSR count). The number of urea groups is 1. The van der Waals surface area contributed by atoms with Crippen molar-refractivity contribution in [3.8, 4) is 5.75 Å². The Kier molecular flexibility index (Phi) is 4.06. The van der Waals surface area contributed by atoms with Crippen LogP contribution in [0.3, 0.4) is 0 Å². The first kappa shape index (κ1) is 17.5. The number of hydrogen-bond donors (Lipinski definition) is 0. The molecule has 2 atom stereocenters. The van der Waals surface area contributed by atoms with E-state index in [0.717, 1.165) is 29.9 Å². The van der Waals surface area contributed by atoms with Crippen LogP contribution < -0.4 is 9.64 Å². The zero-order chi connectivity index (χ0) is 18.6. The van der Waals surface area contributed by atoms with Gasteiger partial charge >= 0.3 is 6.03 Å². The monoisotopic (exact) mass is 388 g/mol. The summed E-state index contributed by atoms with van der Waals surface area (Å²) >= 11 is 5.93. The van der Waals surface area contributed by atoms with Gasteiger partial charge in [-0.25, -0.2) is 22.9 Å². The average molecular weight is 389 g/mol. The SMILES string of the molecule is O=C1C2CCCCN2C(=O)N1c1cc(OCC2CC2(F)F)c(Cl)cc1F. The molecule has 2 heterocycles. The van der Waals surface area contributed by atoms with Crippen molar-refractivity contribution >= 4 is 29.2 Å². The molecule has 2 saturated heterocycles. The summed E-state index contributed by atoms with van der Waals surface area (Å²) in [5.74, 6) is -5.03. The first-order chi connectivity index (χ1) is 12.3. The van der Waals surface area contributed by atoms with Crippen molar-refractivity contribution in [2.75, 3.05) is 18.1 Å². The quantitative estimate of drug-likeness (QED) is 0.736. The minimum Gasteiger partial charge on any atom is -0.491 e. The molecule has 9 heteroatoms. The number of nitrogens with zero attached hydrogens (tertiary/aromatic N) is 2. The summed E-state index contributed by atoms with van der Waals surface area (Å²) in [4.78, 5) is 27.4. The fraction of sp³-hybridized carbons (Fsp3) is 0.529. The largest absolute Gasteiger partial charge is 0.491 e. The molecular weight excluding hydrogens is 373 g/mol. The molecule has 26 heavy (non-hydrogen) atoms. The van der Waals surface area contributed by atoms with E-state index in [1.54, 1.807) is 0 Å². The smallest absolute Gasteiger partial charge is 0.332 e. The second-order valence-electron chi connectivity index (χ2n) is 6.87. The maximum Gasteiger partial charge on any atom is 0.332 e. The van der Waals surface area contributed by atoms with Crippen molar-refractivity contribution in [1.29, 1.82) is 0 Å². The summed E-state index contributed by atoms with van der Waals surface area (Å²) < 4.78 is 45.7. The molecule has 0 radical (unpaired) electrons. The number of amides is 3. The summed E-state index contributed by atoms with van der Waals surface area (Å²) in [6.07, 6.45) is 1.88. The highest BCUT2D eigenvalue weighted by Crippen LogP contribution is 2.49. The van der Waals surface area contributed by atoms with Crippen LogP contribution in [-0.2, 0) is 4.79 Å². The summed E-state index contributed by atoms with van der Waals surface area (Å²) in [5, 5.41) is -0.105. The number of halogens is 4. The Balaban J connectivity index is 1.60. The first-order valence-corrected chi connectivity index (χ1v) is 8.81.